The third-order valence-corrected chi connectivity index (χ3v) is 4.70. The van der Waals surface area contributed by atoms with Crippen molar-refractivity contribution >= 4 is 5.97 Å². The number of aryl methyl sites for hydroxylation is 1. The number of ether oxygens (including phenoxy) is 2. The minimum atomic E-state index is -0.958. The highest BCUT2D eigenvalue weighted by molar-refractivity contribution is 5.66. The van der Waals surface area contributed by atoms with E-state index in [1.807, 2.05) is 19.1 Å². The van der Waals surface area contributed by atoms with E-state index in [1.165, 1.54) is 0 Å². The molecule has 1 aromatic heterocycles. The van der Waals surface area contributed by atoms with E-state index in [-0.39, 0.29) is 24.3 Å². The molecule has 0 amide bonds. The van der Waals surface area contributed by atoms with Gasteiger partial charge < -0.3 is 19.7 Å². The maximum absolute atomic E-state index is 11.2. The minimum Gasteiger partial charge on any atom is -0.508 e. The number of aliphatic carboxylic acids is 1. The van der Waals surface area contributed by atoms with Crippen molar-refractivity contribution in [2.45, 2.75) is 32.5 Å². The maximum Gasteiger partial charge on any atom is 0.303 e. The van der Waals surface area contributed by atoms with Crippen molar-refractivity contribution < 1.29 is 24.5 Å². The van der Waals surface area contributed by atoms with Crippen LogP contribution in [0.3, 0.4) is 0 Å². The van der Waals surface area contributed by atoms with Gasteiger partial charge in [-0.15, -0.1) is 0 Å². The normalized spacial score (nSPS) is 11.4. The molecule has 0 unspecified atom stereocenters. The Bertz CT molecular complexity index is 1090. The first-order valence-electron chi connectivity index (χ1n) is 9.70. The highest BCUT2D eigenvalue weighted by Crippen LogP contribution is 2.34. The molecule has 2 N–H and O–H groups in total. The Balaban J connectivity index is 1.87. The van der Waals surface area contributed by atoms with Crippen LogP contribution in [0.2, 0.25) is 0 Å². The lowest BCUT2D eigenvalue weighted by Crippen LogP contribution is -2.12. The number of carboxylic acid groups (broad SMARTS) is 1. The molecule has 31 heavy (non-hydrogen) atoms. The SMILES string of the molecule is Cc1ccc(O)cc1[C@H](CCC(=O)O)Oc1cc(OCc2cccnc2)ccc1C#N. The van der Waals surface area contributed by atoms with E-state index in [9.17, 15) is 15.2 Å². The molecular formula is C24H22N2O5. The van der Waals surface area contributed by atoms with Crippen molar-refractivity contribution in [1.29, 1.82) is 5.26 Å². The fourth-order valence-corrected chi connectivity index (χ4v) is 3.09. The molecule has 0 radical (unpaired) electrons. The topological polar surface area (TPSA) is 113 Å². The Morgan fingerprint density at radius 3 is 2.77 bits per heavy atom. The van der Waals surface area contributed by atoms with Gasteiger partial charge in [0.05, 0.1) is 5.56 Å². The summed E-state index contributed by atoms with van der Waals surface area (Å²) in [6.07, 6.45) is 2.76. The van der Waals surface area contributed by atoms with Crippen molar-refractivity contribution in [3.63, 3.8) is 0 Å². The second-order valence-corrected chi connectivity index (χ2v) is 7.00. The second kappa shape index (κ2) is 10.1. The van der Waals surface area contributed by atoms with Gasteiger partial charge in [-0.1, -0.05) is 12.1 Å². The van der Waals surface area contributed by atoms with Crippen LogP contribution in [0.4, 0.5) is 0 Å². The molecule has 0 saturated carbocycles. The second-order valence-electron chi connectivity index (χ2n) is 7.00. The summed E-state index contributed by atoms with van der Waals surface area (Å²) in [4.78, 5) is 15.2. The van der Waals surface area contributed by atoms with E-state index in [0.29, 0.717) is 23.5 Å². The zero-order chi connectivity index (χ0) is 22.2. The van der Waals surface area contributed by atoms with Crippen LogP contribution >= 0.6 is 0 Å². The molecule has 0 spiro atoms. The number of aromatic hydroxyl groups is 1. The lowest BCUT2D eigenvalue weighted by Gasteiger charge is -2.22. The maximum atomic E-state index is 11.2. The molecule has 158 valence electrons. The summed E-state index contributed by atoms with van der Waals surface area (Å²) in [5.74, 6) is -0.120. The molecule has 1 heterocycles. The third-order valence-electron chi connectivity index (χ3n) is 4.70. The summed E-state index contributed by atoms with van der Waals surface area (Å²) < 4.78 is 11.9. The predicted octanol–water partition coefficient (Wildman–Crippen LogP) is 4.53. The molecule has 7 heteroatoms. The summed E-state index contributed by atoms with van der Waals surface area (Å²) >= 11 is 0. The van der Waals surface area contributed by atoms with E-state index in [0.717, 1.165) is 11.1 Å². The molecule has 0 saturated heterocycles. The van der Waals surface area contributed by atoms with Crippen molar-refractivity contribution in [1.82, 2.24) is 4.98 Å². The van der Waals surface area contributed by atoms with E-state index >= 15 is 0 Å². The summed E-state index contributed by atoms with van der Waals surface area (Å²) in [6, 6.07) is 15.5. The van der Waals surface area contributed by atoms with Crippen LogP contribution in [0.1, 0.15) is 41.2 Å². The largest absolute Gasteiger partial charge is 0.508 e. The van der Waals surface area contributed by atoms with Crippen molar-refractivity contribution in [2.24, 2.45) is 0 Å². The number of phenolic OH excluding ortho intramolecular Hbond substituents is 1. The lowest BCUT2D eigenvalue weighted by molar-refractivity contribution is -0.137. The zero-order valence-electron chi connectivity index (χ0n) is 17.0. The van der Waals surface area contributed by atoms with Gasteiger partial charge >= 0.3 is 5.97 Å². The number of carboxylic acids is 1. The molecule has 1 atom stereocenters. The standard InChI is InChI=1S/C24H22N2O5/c1-16-4-6-19(27)11-21(16)22(8-9-24(28)29)31-23-12-20(7-5-18(23)13-25)30-15-17-3-2-10-26-14-17/h2-7,10-12,14,22,27H,8-9,15H2,1H3,(H,28,29)/t22-/m0/s1. The number of hydrogen-bond acceptors (Lipinski definition) is 6. The van der Waals surface area contributed by atoms with Crippen molar-refractivity contribution in [3.05, 3.63) is 83.2 Å². The van der Waals surface area contributed by atoms with Gasteiger partial charge in [-0.2, -0.15) is 5.26 Å². The van der Waals surface area contributed by atoms with E-state index in [4.69, 9.17) is 14.6 Å². The number of nitriles is 1. The van der Waals surface area contributed by atoms with Gasteiger partial charge in [0.15, 0.2) is 0 Å². The minimum absolute atomic E-state index is 0.0542. The van der Waals surface area contributed by atoms with Gasteiger partial charge in [-0.25, -0.2) is 0 Å². The molecule has 0 bridgehead atoms. The summed E-state index contributed by atoms with van der Waals surface area (Å²) in [6.45, 7) is 2.15. The van der Waals surface area contributed by atoms with E-state index in [1.54, 1.807) is 48.8 Å². The van der Waals surface area contributed by atoms with Crippen molar-refractivity contribution in [3.8, 4) is 23.3 Å². The Kier molecular flexibility index (Phi) is 7.07. The third kappa shape index (κ3) is 5.97. The molecule has 0 aliphatic rings. The van der Waals surface area contributed by atoms with Gasteiger partial charge in [0, 0.05) is 30.4 Å². The number of rotatable bonds is 9. The van der Waals surface area contributed by atoms with Gasteiger partial charge in [0.1, 0.15) is 36.0 Å². The zero-order valence-corrected chi connectivity index (χ0v) is 17.0. The van der Waals surface area contributed by atoms with Gasteiger partial charge in [-0.05, 0) is 54.8 Å². The number of pyridine rings is 1. The Morgan fingerprint density at radius 2 is 2.06 bits per heavy atom. The van der Waals surface area contributed by atoms with Gasteiger partial charge in [-0.3, -0.25) is 9.78 Å². The molecule has 3 aromatic rings. The molecule has 7 nitrogen and oxygen atoms in total. The quantitative estimate of drug-likeness (QED) is 0.525. The highest BCUT2D eigenvalue weighted by atomic mass is 16.5. The number of benzene rings is 2. The van der Waals surface area contributed by atoms with Gasteiger partial charge in [0.2, 0.25) is 0 Å². The van der Waals surface area contributed by atoms with E-state index < -0.39 is 12.1 Å². The number of aromatic nitrogens is 1. The first-order chi connectivity index (χ1) is 15.0. The molecule has 0 aliphatic heterocycles. The molecule has 0 aliphatic carbocycles. The number of phenols is 1. The molecule has 0 fully saturated rings. The van der Waals surface area contributed by atoms with Crippen LogP contribution in [0, 0.1) is 18.3 Å². The average molecular weight is 418 g/mol. The smallest absolute Gasteiger partial charge is 0.303 e. The lowest BCUT2D eigenvalue weighted by atomic mass is 9.99. The first kappa shape index (κ1) is 21.7. The summed E-state index contributed by atoms with van der Waals surface area (Å²) in [5.41, 5.74) is 2.69. The fraction of sp³-hybridized carbons (Fsp3) is 0.208. The van der Waals surface area contributed by atoms with E-state index in [2.05, 4.69) is 11.1 Å². The number of nitrogens with zero attached hydrogens (tertiary/aromatic N) is 2. The van der Waals surface area contributed by atoms with Crippen LogP contribution in [-0.2, 0) is 11.4 Å². The molecular weight excluding hydrogens is 396 g/mol. The number of carbonyl (C=O) groups is 1. The Morgan fingerprint density at radius 1 is 1.23 bits per heavy atom. The van der Waals surface area contributed by atoms with Gasteiger partial charge in [0.25, 0.3) is 0 Å². The first-order valence-corrected chi connectivity index (χ1v) is 9.70. The van der Waals surface area contributed by atoms with Crippen molar-refractivity contribution in [2.75, 3.05) is 0 Å². The molecule has 3 rings (SSSR count). The molecule has 2 aromatic carbocycles. The Labute approximate surface area is 180 Å². The summed E-state index contributed by atoms with van der Waals surface area (Å²) in [7, 11) is 0. The van der Waals surface area contributed by atoms with Crippen LogP contribution in [0.25, 0.3) is 0 Å². The summed E-state index contributed by atoms with van der Waals surface area (Å²) in [5, 5.41) is 28.5. The van der Waals surface area contributed by atoms with Crippen LogP contribution < -0.4 is 9.47 Å². The number of hydrogen-bond donors (Lipinski definition) is 2. The monoisotopic (exact) mass is 418 g/mol. The average Bonchev–Trinajstić information content (AvgIpc) is 2.77. The van der Waals surface area contributed by atoms with Crippen LogP contribution in [0.5, 0.6) is 17.2 Å². The highest BCUT2D eigenvalue weighted by Gasteiger charge is 2.20. The van der Waals surface area contributed by atoms with Crippen LogP contribution in [0.15, 0.2) is 60.9 Å². The Hall–Kier alpha value is -4.05. The van der Waals surface area contributed by atoms with Crippen LogP contribution in [-0.4, -0.2) is 21.2 Å². The fourth-order valence-electron chi connectivity index (χ4n) is 3.09. The predicted molar refractivity (Wildman–Crippen MR) is 113 cm³/mol.